The Labute approximate surface area is 135 Å². The number of hydrogen-bond donors (Lipinski definition) is 1. The van der Waals surface area contributed by atoms with Gasteiger partial charge in [0, 0.05) is 26.2 Å². The summed E-state index contributed by atoms with van der Waals surface area (Å²) in [6, 6.07) is 6.10. The third-order valence-corrected chi connectivity index (χ3v) is 4.50. The zero-order valence-corrected chi connectivity index (χ0v) is 13.5. The largest absolute Gasteiger partial charge is 0.489 e. The van der Waals surface area contributed by atoms with Gasteiger partial charge in [0.25, 0.3) is 0 Å². The van der Waals surface area contributed by atoms with Gasteiger partial charge in [-0.1, -0.05) is 0 Å². The topological polar surface area (TPSA) is 71.1 Å². The van der Waals surface area contributed by atoms with Crippen molar-refractivity contribution in [3.8, 4) is 17.1 Å². The molecule has 1 aliphatic rings. The Balaban J connectivity index is 1.54. The van der Waals surface area contributed by atoms with E-state index < -0.39 is 0 Å². The van der Waals surface area contributed by atoms with Crippen LogP contribution in [0.25, 0.3) is 11.4 Å². The zero-order valence-electron chi connectivity index (χ0n) is 13.5. The molecule has 0 spiro atoms. The molecule has 2 heterocycles. The average Bonchev–Trinajstić information content (AvgIpc) is 3.10. The maximum absolute atomic E-state index is 11.4. The summed E-state index contributed by atoms with van der Waals surface area (Å²) in [5.74, 6) is 0.921. The highest BCUT2D eigenvalue weighted by atomic mass is 16.5. The Bertz CT molecular complexity index is 631. The maximum Gasteiger partial charge on any atom is 0.219 e. The maximum atomic E-state index is 11.4. The first-order chi connectivity index (χ1) is 11.1. The molecular formula is C17H22N4O2. The number of nitrogens with one attached hydrogen (secondary N) is 1. The van der Waals surface area contributed by atoms with Crippen LogP contribution in [0.15, 0.2) is 30.6 Å². The summed E-state index contributed by atoms with van der Waals surface area (Å²) in [4.78, 5) is 17.7. The quantitative estimate of drug-likeness (QED) is 0.941. The summed E-state index contributed by atoms with van der Waals surface area (Å²) in [6.07, 6.45) is 7.56. The number of amides is 1. The fourth-order valence-corrected chi connectivity index (χ4v) is 3.01. The number of aromatic amines is 1. The molecule has 6 heteroatoms. The van der Waals surface area contributed by atoms with Gasteiger partial charge in [0.2, 0.25) is 5.91 Å². The number of rotatable bonds is 4. The molecule has 1 saturated carbocycles. The third kappa shape index (κ3) is 3.70. The highest BCUT2D eigenvalue weighted by Gasteiger charge is 2.26. The van der Waals surface area contributed by atoms with E-state index in [9.17, 15) is 4.79 Å². The molecule has 1 fully saturated rings. The van der Waals surface area contributed by atoms with Gasteiger partial charge in [0.15, 0.2) is 0 Å². The molecule has 0 radical (unpaired) electrons. The normalized spacial score (nSPS) is 21.0. The Morgan fingerprint density at radius 1 is 1.26 bits per heavy atom. The van der Waals surface area contributed by atoms with E-state index in [0.717, 1.165) is 42.8 Å². The first-order valence-electron chi connectivity index (χ1n) is 7.99. The predicted molar refractivity (Wildman–Crippen MR) is 86.9 cm³/mol. The van der Waals surface area contributed by atoms with E-state index in [2.05, 4.69) is 15.2 Å². The molecule has 0 bridgehead atoms. The molecule has 1 amide bonds. The minimum atomic E-state index is 0.132. The van der Waals surface area contributed by atoms with Gasteiger partial charge in [-0.2, -0.15) is 5.10 Å². The fourth-order valence-electron chi connectivity index (χ4n) is 3.01. The standard InChI is InChI=1S/C17H22N4O2/c1-12(22)21(2)13-3-5-14(6-4-13)23-15-7-8-16(18-11-15)17-9-10-19-20-17/h7-11,13-14H,3-6H2,1-2H3,(H,19,20)/t13-,14+. The summed E-state index contributed by atoms with van der Waals surface area (Å²) in [5.41, 5.74) is 1.74. The van der Waals surface area contributed by atoms with Crippen LogP contribution in [0.5, 0.6) is 5.75 Å². The number of pyridine rings is 1. The van der Waals surface area contributed by atoms with E-state index in [1.54, 1.807) is 19.3 Å². The average molecular weight is 314 g/mol. The van der Waals surface area contributed by atoms with Gasteiger partial charge in [0.1, 0.15) is 5.75 Å². The molecule has 1 aliphatic carbocycles. The SMILES string of the molecule is CC(=O)N(C)[C@H]1CC[C@@H](Oc2ccc(-c3ccn[nH]3)nc2)CC1. The zero-order chi connectivity index (χ0) is 16.2. The summed E-state index contributed by atoms with van der Waals surface area (Å²) in [7, 11) is 1.88. The lowest BCUT2D eigenvalue weighted by Crippen LogP contribution is -2.40. The number of hydrogen-bond acceptors (Lipinski definition) is 4. The second-order valence-electron chi connectivity index (χ2n) is 6.03. The molecule has 2 aromatic rings. The summed E-state index contributed by atoms with van der Waals surface area (Å²) >= 11 is 0. The van der Waals surface area contributed by atoms with Gasteiger partial charge in [-0.25, -0.2) is 0 Å². The Kier molecular flexibility index (Phi) is 4.60. The Morgan fingerprint density at radius 3 is 2.61 bits per heavy atom. The first-order valence-corrected chi connectivity index (χ1v) is 7.99. The van der Waals surface area contributed by atoms with Crippen molar-refractivity contribution in [2.45, 2.75) is 44.8 Å². The molecule has 1 N–H and O–H groups in total. The van der Waals surface area contributed by atoms with Crippen LogP contribution >= 0.6 is 0 Å². The number of aromatic nitrogens is 3. The molecule has 0 atom stereocenters. The van der Waals surface area contributed by atoms with Crippen LogP contribution in [0, 0.1) is 0 Å². The van der Waals surface area contributed by atoms with Crippen molar-refractivity contribution in [3.05, 3.63) is 30.6 Å². The molecule has 122 valence electrons. The molecule has 23 heavy (non-hydrogen) atoms. The van der Waals surface area contributed by atoms with Crippen LogP contribution < -0.4 is 4.74 Å². The van der Waals surface area contributed by atoms with Crippen LogP contribution in [0.1, 0.15) is 32.6 Å². The van der Waals surface area contributed by atoms with Gasteiger partial charge in [0.05, 0.1) is 23.7 Å². The molecule has 0 saturated heterocycles. The lowest BCUT2D eigenvalue weighted by atomic mass is 9.92. The minimum absolute atomic E-state index is 0.132. The Hall–Kier alpha value is -2.37. The second-order valence-corrected chi connectivity index (χ2v) is 6.03. The van der Waals surface area contributed by atoms with E-state index in [1.165, 1.54) is 0 Å². The highest BCUT2D eigenvalue weighted by molar-refractivity contribution is 5.73. The van der Waals surface area contributed by atoms with Crippen molar-refractivity contribution in [1.82, 2.24) is 20.1 Å². The van der Waals surface area contributed by atoms with Gasteiger partial charge in [-0.05, 0) is 43.9 Å². The fraction of sp³-hybridized carbons (Fsp3) is 0.471. The molecule has 2 aromatic heterocycles. The summed E-state index contributed by atoms with van der Waals surface area (Å²) < 4.78 is 6.02. The van der Waals surface area contributed by atoms with Gasteiger partial charge in [-0.15, -0.1) is 0 Å². The molecule has 0 aliphatic heterocycles. The number of nitrogens with zero attached hydrogens (tertiary/aromatic N) is 3. The highest BCUT2D eigenvalue weighted by Crippen LogP contribution is 2.26. The number of ether oxygens (including phenoxy) is 1. The van der Waals surface area contributed by atoms with Crippen molar-refractivity contribution < 1.29 is 9.53 Å². The third-order valence-electron chi connectivity index (χ3n) is 4.50. The predicted octanol–water partition coefficient (Wildman–Crippen LogP) is 2.64. The second kappa shape index (κ2) is 6.81. The van der Waals surface area contributed by atoms with Crippen LogP contribution in [0.3, 0.4) is 0 Å². The molecule has 3 rings (SSSR count). The van der Waals surface area contributed by atoms with Gasteiger partial charge >= 0.3 is 0 Å². The van der Waals surface area contributed by atoms with E-state index in [-0.39, 0.29) is 12.0 Å². The van der Waals surface area contributed by atoms with Crippen molar-refractivity contribution in [3.63, 3.8) is 0 Å². The Morgan fingerprint density at radius 2 is 2.04 bits per heavy atom. The summed E-state index contributed by atoms with van der Waals surface area (Å²) in [5, 5.41) is 6.82. The monoisotopic (exact) mass is 314 g/mol. The van der Waals surface area contributed by atoms with Crippen LogP contribution in [0.4, 0.5) is 0 Å². The number of H-pyrrole nitrogens is 1. The smallest absolute Gasteiger partial charge is 0.219 e. The lowest BCUT2D eigenvalue weighted by Gasteiger charge is -2.34. The van der Waals surface area contributed by atoms with E-state index >= 15 is 0 Å². The van der Waals surface area contributed by atoms with Crippen LogP contribution in [-0.2, 0) is 4.79 Å². The van der Waals surface area contributed by atoms with Crippen molar-refractivity contribution in [2.24, 2.45) is 0 Å². The molecule has 0 aromatic carbocycles. The number of carbonyl (C=O) groups excluding carboxylic acids is 1. The van der Waals surface area contributed by atoms with E-state index in [1.807, 2.05) is 30.1 Å². The lowest BCUT2D eigenvalue weighted by molar-refractivity contribution is -0.130. The molecule has 6 nitrogen and oxygen atoms in total. The van der Waals surface area contributed by atoms with Crippen molar-refractivity contribution >= 4 is 5.91 Å². The van der Waals surface area contributed by atoms with Crippen molar-refractivity contribution in [2.75, 3.05) is 7.05 Å². The summed E-state index contributed by atoms with van der Waals surface area (Å²) in [6.45, 7) is 1.62. The van der Waals surface area contributed by atoms with Gasteiger partial charge < -0.3 is 9.64 Å². The van der Waals surface area contributed by atoms with Crippen LogP contribution in [0.2, 0.25) is 0 Å². The van der Waals surface area contributed by atoms with E-state index in [0.29, 0.717) is 6.04 Å². The van der Waals surface area contributed by atoms with Crippen molar-refractivity contribution in [1.29, 1.82) is 0 Å². The molecule has 0 unspecified atom stereocenters. The minimum Gasteiger partial charge on any atom is -0.489 e. The number of carbonyl (C=O) groups is 1. The van der Waals surface area contributed by atoms with E-state index in [4.69, 9.17) is 4.74 Å². The molecular weight excluding hydrogens is 292 g/mol. The van der Waals surface area contributed by atoms with Gasteiger partial charge in [-0.3, -0.25) is 14.9 Å². The first kappa shape index (κ1) is 15.5. The van der Waals surface area contributed by atoms with Crippen LogP contribution in [-0.4, -0.2) is 45.2 Å².